The summed E-state index contributed by atoms with van der Waals surface area (Å²) in [6, 6.07) is 3.62. The van der Waals surface area contributed by atoms with Crippen LogP contribution in [-0.4, -0.2) is 31.6 Å². The summed E-state index contributed by atoms with van der Waals surface area (Å²) in [6.45, 7) is 0. The highest BCUT2D eigenvalue weighted by Gasteiger charge is 2.31. The zero-order valence-electron chi connectivity index (χ0n) is 15.5. The smallest absolute Gasteiger partial charge is 0.258 e. The molecule has 30 heavy (non-hydrogen) atoms. The molecule has 2 aromatic rings. The standard InChI is InChI=1S/C19H18BrF3N2O4S/c20-12-7-10(5-6-13(12)21)24-19(27)11-8-18(15(23)9-14(11)22)30(28,29)25-16-3-1-2-4-17(16)26/h5-9,16-17,25-26H,1-4H2,(H,24,27). The lowest BCUT2D eigenvalue weighted by atomic mass is 9.93. The van der Waals surface area contributed by atoms with Crippen LogP contribution in [0.1, 0.15) is 36.0 Å². The van der Waals surface area contributed by atoms with Crippen molar-refractivity contribution < 1.29 is 31.5 Å². The van der Waals surface area contributed by atoms with E-state index in [1.165, 1.54) is 12.1 Å². The van der Waals surface area contributed by atoms with Crippen LogP contribution in [0.15, 0.2) is 39.7 Å². The summed E-state index contributed by atoms with van der Waals surface area (Å²) < 4.78 is 69.3. The summed E-state index contributed by atoms with van der Waals surface area (Å²) in [5, 5.41) is 12.3. The number of sulfonamides is 1. The van der Waals surface area contributed by atoms with Gasteiger partial charge < -0.3 is 10.4 Å². The number of rotatable bonds is 5. The van der Waals surface area contributed by atoms with Crippen molar-refractivity contribution in [3.63, 3.8) is 0 Å². The highest BCUT2D eigenvalue weighted by Crippen LogP contribution is 2.25. The third kappa shape index (κ3) is 5.02. The van der Waals surface area contributed by atoms with Gasteiger partial charge in [-0.25, -0.2) is 26.3 Å². The van der Waals surface area contributed by atoms with Gasteiger partial charge in [-0.3, -0.25) is 4.79 Å². The van der Waals surface area contributed by atoms with Crippen LogP contribution in [0.2, 0.25) is 0 Å². The number of anilines is 1. The largest absolute Gasteiger partial charge is 0.391 e. The number of amides is 1. The number of hydrogen-bond donors (Lipinski definition) is 3. The molecule has 3 N–H and O–H groups in total. The number of carbonyl (C=O) groups is 1. The first-order valence-electron chi connectivity index (χ1n) is 9.04. The molecule has 0 heterocycles. The first-order valence-corrected chi connectivity index (χ1v) is 11.3. The predicted octanol–water partition coefficient (Wildman–Crippen LogP) is 3.70. The maximum atomic E-state index is 14.3. The molecule has 1 aliphatic rings. The molecule has 3 rings (SSSR count). The van der Waals surface area contributed by atoms with Gasteiger partial charge in [0.05, 0.1) is 16.1 Å². The summed E-state index contributed by atoms with van der Waals surface area (Å²) in [5.41, 5.74) is -0.591. The van der Waals surface area contributed by atoms with E-state index in [1.54, 1.807) is 0 Å². The molecule has 0 aliphatic heterocycles. The van der Waals surface area contributed by atoms with Gasteiger partial charge in [0, 0.05) is 17.8 Å². The molecule has 1 saturated carbocycles. The van der Waals surface area contributed by atoms with Gasteiger partial charge in [0.25, 0.3) is 5.91 Å². The topological polar surface area (TPSA) is 95.5 Å². The molecule has 2 aromatic carbocycles. The van der Waals surface area contributed by atoms with Crippen LogP contribution in [0, 0.1) is 17.5 Å². The van der Waals surface area contributed by atoms with E-state index in [9.17, 15) is 31.5 Å². The van der Waals surface area contributed by atoms with Crippen molar-refractivity contribution in [3.8, 4) is 0 Å². The van der Waals surface area contributed by atoms with Crippen molar-refractivity contribution in [1.82, 2.24) is 4.72 Å². The Hall–Kier alpha value is -1.95. The van der Waals surface area contributed by atoms with Gasteiger partial charge in [-0.05, 0) is 53.0 Å². The Balaban J connectivity index is 1.89. The summed E-state index contributed by atoms with van der Waals surface area (Å²) >= 11 is 2.95. The molecule has 2 atom stereocenters. The Bertz CT molecular complexity index is 1080. The molecule has 11 heteroatoms. The van der Waals surface area contributed by atoms with Gasteiger partial charge in [0.2, 0.25) is 10.0 Å². The molecule has 2 unspecified atom stereocenters. The van der Waals surface area contributed by atoms with E-state index in [4.69, 9.17) is 0 Å². The molecule has 0 spiro atoms. The number of carbonyl (C=O) groups excluding carboxylic acids is 1. The monoisotopic (exact) mass is 506 g/mol. The molecule has 0 saturated heterocycles. The number of nitrogens with one attached hydrogen (secondary N) is 2. The maximum Gasteiger partial charge on any atom is 0.258 e. The highest BCUT2D eigenvalue weighted by atomic mass is 79.9. The Morgan fingerprint density at radius 2 is 1.73 bits per heavy atom. The number of aliphatic hydroxyl groups is 1. The minimum Gasteiger partial charge on any atom is -0.391 e. The van der Waals surface area contributed by atoms with Gasteiger partial charge in [-0.15, -0.1) is 0 Å². The summed E-state index contributed by atoms with van der Waals surface area (Å²) in [7, 11) is -4.47. The van der Waals surface area contributed by atoms with E-state index in [0.717, 1.165) is 12.5 Å². The van der Waals surface area contributed by atoms with Crippen molar-refractivity contribution in [2.45, 2.75) is 42.7 Å². The Morgan fingerprint density at radius 3 is 2.40 bits per heavy atom. The molecular weight excluding hydrogens is 489 g/mol. The van der Waals surface area contributed by atoms with Crippen molar-refractivity contribution in [3.05, 3.63) is 57.8 Å². The fraction of sp³-hybridized carbons (Fsp3) is 0.316. The van der Waals surface area contributed by atoms with Crippen LogP contribution in [0.3, 0.4) is 0 Å². The van der Waals surface area contributed by atoms with E-state index in [1.807, 2.05) is 0 Å². The number of hydrogen-bond acceptors (Lipinski definition) is 4. The molecule has 0 radical (unpaired) electrons. The lowest BCUT2D eigenvalue weighted by Crippen LogP contribution is -2.45. The summed E-state index contributed by atoms with van der Waals surface area (Å²) in [4.78, 5) is 11.5. The normalized spacial score (nSPS) is 19.5. The number of halogens is 4. The van der Waals surface area contributed by atoms with Gasteiger partial charge in [-0.2, -0.15) is 0 Å². The van der Waals surface area contributed by atoms with E-state index in [2.05, 4.69) is 26.0 Å². The molecule has 1 fully saturated rings. The van der Waals surface area contributed by atoms with E-state index >= 15 is 0 Å². The van der Waals surface area contributed by atoms with Gasteiger partial charge in [-0.1, -0.05) is 12.8 Å². The summed E-state index contributed by atoms with van der Waals surface area (Å²) in [5.74, 6) is -4.25. The van der Waals surface area contributed by atoms with Crippen LogP contribution in [0.5, 0.6) is 0 Å². The first kappa shape index (κ1) is 22.7. The second-order valence-electron chi connectivity index (χ2n) is 6.93. The third-order valence-electron chi connectivity index (χ3n) is 4.77. The van der Waals surface area contributed by atoms with Crippen molar-refractivity contribution in [1.29, 1.82) is 0 Å². The highest BCUT2D eigenvalue weighted by molar-refractivity contribution is 9.10. The van der Waals surface area contributed by atoms with Crippen LogP contribution in [0.4, 0.5) is 18.9 Å². The average molecular weight is 507 g/mol. The summed E-state index contributed by atoms with van der Waals surface area (Å²) in [6.07, 6.45) is 1.29. The lowest BCUT2D eigenvalue weighted by molar-refractivity contribution is 0.101. The second kappa shape index (κ2) is 9.04. The fourth-order valence-corrected chi connectivity index (χ4v) is 4.96. The minimum atomic E-state index is -4.47. The Labute approximate surface area is 179 Å². The van der Waals surface area contributed by atoms with E-state index in [0.29, 0.717) is 31.4 Å². The van der Waals surface area contributed by atoms with Crippen molar-refractivity contribution in [2.75, 3.05) is 5.32 Å². The number of benzene rings is 2. The molecule has 0 bridgehead atoms. The third-order valence-corrected chi connectivity index (χ3v) is 6.88. The van der Waals surface area contributed by atoms with Crippen LogP contribution in [0.25, 0.3) is 0 Å². The molecular formula is C19H18BrF3N2O4S. The SMILES string of the molecule is O=C(Nc1ccc(F)c(Br)c1)c1cc(S(=O)(=O)NC2CCCCC2O)c(F)cc1F. The van der Waals surface area contributed by atoms with Crippen LogP contribution in [-0.2, 0) is 10.0 Å². The quantitative estimate of drug-likeness (QED) is 0.576. The van der Waals surface area contributed by atoms with Crippen molar-refractivity contribution in [2.24, 2.45) is 0 Å². The molecule has 6 nitrogen and oxygen atoms in total. The zero-order valence-corrected chi connectivity index (χ0v) is 17.9. The van der Waals surface area contributed by atoms with Gasteiger partial charge in [0.1, 0.15) is 22.3 Å². The minimum absolute atomic E-state index is 0.0541. The Kier molecular flexibility index (Phi) is 6.85. The number of aliphatic hydroxyl groups excluding tert-OH is 1. The molecule has 0 aromatic heterocycles. The van der Waals surface area contributed by atoms with Gasteiger partial charge in [0.15, 0.2) is 0 Å². The fourth-order valence-electron chi connectivity index (χ4n) is 3.19. The predicted molar refractivity (Wildman–Crippen MR) is 107 cm³/mol. The van der Waals surface area contributed by atoms with E-state index < -0.39 is 56.0 Å². The van der Waals surface area contributed by atoms with E-state index in [-0.39, 0.29) is 10.2 Å². The molecule has 1 aliphatic carbocycles. The van der Waals surface area contributed by atoms with Crippen molar-refractivity contribution >= 4 is 37.5 Å². The maximum absolute atomic E-state index is 14.3. The zero-order chi connectivity index (χ0) is 22.1. The van der Waals surface area contributed by atoms with Crippen LogP contribution < -0.4 is 10.0 Å². The first-order chi connectivity index (χ1) is 14.1. The second-order valence-corrected chi connectivity index (χ2v) is 9.46. The van der Waals surface area contributed by atoms with Gasteiger partial charge >= 0.3 is 0 Å². The lowest BCUT2D eigenvalue weighted by Gasteiger charge is -2.28. The average Bonchev–Trinajstić information content (AvgIpc) is 2.66. The Morgan fingerprint density at radius 1 is 1.03 bits per heavy atom. The molecule has 162 valence electrons. The van der Waals surface area contributed by atoms with Crippen LogP contribution >= 0.6 is 15.9 Å². The molecule has 1 amide bonds.